The van der Waals surface area contributed by atoms with Crippen LogP contribution in [0.1, 0.15) is 51.8 Å². The summed E-state index contributed by atoms with van der Waals surface area (Å²) >= 11 is 2.78. The lowest BCUT2D eigenvalue weighted by Crippen LogP contribution is -2.29. The van der Waals surface area contributed by atoms with Crippen molar-refractivity contribution in [3.63, 3.8) is 0 Å². The first-order valence-corrected chi connectivity index (χ1v) is 11.4. The van der Waals surface area contributed by atoms with Crippen LogP contribution in [-0.4, -0.2) is 38.4 Å². The van der Waals surface area contributed by atoms with Crippen LogP contribution in [0.2, 0.25) is 0 Å². The van der Waals surface area contributed by atoms with Crippen molar-refractivity contribution >= 4 is 45.8 Å². The number of ketones is 1. The molecule has 1 atom stereocenters. The molecule has 0 aliphatic heterocycles. The van der Waals surface area contributed by atoms with Gasteiger partial charge in [-0.15, -0.1) is 11.3 Å². The quantitative estimate of drug-likeness (QED) is 0.348. The Morgan fingerprint density at radius 2 is 1.97 bits per heavy atom. The Bertz CT molecular complexity index is 1090. The fraction of sp³-hybridized carbons (Fsp3) is 0.381. The maximum absolute atomic E-state index is 12.7. The molecule has 3 heterocycles. The van der Waals surface area contributed by atoms with E-state index < -0.39 is 0 Å². The van der Waals surface area contributed by atoms with E-state index in [0.717, 1.165) is 39.5 Å². The summed E-state index contributed by atoms with van der Waals surface area (Å²) in [6, 6.07) is 7.88. The van der Waals surface area contributed by atoms with Gasteiger partial charge in [-0.2, -0.15) is 0 Å². The van der Waals surface area contributed by atoms with Gasteiger partial charge in [-0.05, 0) is 57.9 Å². The largest absolute Gasteiger partial charge is 0.353 e. The summed E-state index contributed by atoms with van der Waals surface area (Å²) in [4.78, 5) is 40.0. The number of amides is 1. The van der Waals surface area contributed by atoms with Crippen LogP contribution in [0.15, 0.2) is 29.3 Å². The zero-order valence-corrected chi connectivity index (χ0v) is 18.2. The molecule has 1 aliphatic carbocycles. The Labute approximate surface area is 177 Å². The van der Waals surface area contributed by atoms with Crippen LogP contribution >= 0.6 is 23.1 Å². The smallest absolute Gasteiger partial charge is 0.228 e. The molecular weight excluding hydrogens is 404 g/mol. The van der Waals surface area contributed by atoms with Crippen molar-refractivity contribution in [3.05, 3.63) is 45.5 Å². The standard InChI is InChI=1S/C21H22N4O2S2/c1-11-4-7-15-19(22-11)21(24-13(3)23-15)28-10-16(26)18-9-8-17(29-18)12(2)20(27)25-14-5-6-14/h4,7-9,12,14H,5-6,10H2,1-3H3,(H,25,27). The topological polar surface area (TPSA) is 84.8 Å². The third-order valence-electron chi connectivity index (χ3n) is 4.75. The molecule has 1 unspecified atom stereocenters. The van der Waals surface area contributed by atoms with Crippen LogP contribution < -0.4 is 5.32 Å². The predicted molar refractivity (Wildman–Crippen MR) is 116 cm³/mol. The Balaban J connectivity index is 1.45. The lowest BCUT2D eigenvalue weighted by atomic mass is 10.1. The van der Waals surface area contributed by atoms with Crippen molar-refractivity contribution in [1.82, 2.24) is 20.3 Å². The lowest BCUT2D eigenvalue weighted by Gasteiger charge is -2.09. The van der Waals surface area contributed by atoms with Crippen LogP contribution in [-0.2, 0) is 4.79 Å². The molecule has 0 bridgehead atoms. The molecule has 1 aliphatic rings. The number of hydrogen-bond donors (Lipinski definition) is 1. The number of aryl methyl sites for hydroxylation is 2. The maximum atomic E-state index is 12.7. The highest BCUT2D eigenvalue weighted by Crippen LogP contribution is 2.29. The average molecular weight is 427 g/mol. The third kappa shape index (κ3) is 4.64. The molecule has 4 rings (SSSR count). The number of nitrogens with one attached hydrogen (secondary N) is 1. The van der Waals surface area contributed by atoms with E-state index in [1.165, 1.54) is 23.1 Å². The summed E-state index contributed by atoms with van der Waals surface area (Å²) in [6.45, 7) is 5.65. The van der Waals surface area contributed by atoms with Gasteiger partial charge >= 0.3 is 0 Å². The summed E-state index contributed by atoms with van der Waals surface area (Å²) in [5, 5.41) is 3.74. The SMILES string of the molecule is Cc1ccc2nc(C)nc(SCC(=O)c3ccc(C(C)C(=O)NC4CC4)s3)c2n1. The van der Waals surface area contributed by atoms with Gasteiger partial charge in [0.2, 0.25) is 5.91 Å². The van der Waals surface area contributed by atoms with Crippen molar-refractivity contribution in [3.8, 4) is 0 Å². The van der Waals surface area contributed by atoms with Crippen molar-refractivity contribution < 1.29 is 9.59 Å². The molecule has 0 aromatic carbocycles. The summed E-state index contributed by atoms with van der Waals surface area (Å²) in [6.07, 6.45) is 2.13. The molecule has 8 heteroatoms. The molecule has 3 aromatic rings. The van der Waals surface area contributed by atoms with E-state index in [4.69, 9.17) is 0 Å². The molecule has 0 spiro atoms. The van der Waals surface area contributed by atoms with Crippen LogP contribution in [0.3, 0.4) is 0 Å². The second-order valence-corrected chi connectivity index (χ2v) is 9.39. The van der Waals surface area contributed by atoms with Gasteiger partial charge in [0, 0.05) is 16.6 Å². The molecule has 0 radical (unpaired) electrons. The van der Waals surface area contributed by atoms with Crippen molar-refractivity contribution in [2.75, 3.05) is 5.75 Å². The molecule has 1 N–H and O–H groups in total. The number of thioether (sulfide) groups is 1. The van der Waals surface area contributed by atoms with Crippen LogP contribution in [0, 0.1) is 13.8 Å². The van der Waals surface area contributed by atoms with E-state index in [2.05, 4.69) is 20.3 Å². The van der Waals surface area contributed by atoms with Gasteiger partial charge in [-0.25, -0.2) is 15.0 Å². The first-order valence-electron chi connectivity index (χ1n) is 9.59. The lowest BCUT2D eigenvalue weighted by molar-refractivity contribution is -0.122. The van der Waals surface area contributed by atoms with Gasteiger partial charge in [-0.3, -0.25) is 9.59 Å². The summed E-state index contributed by atoms with van der Waals surface area (Å²) < 4.78 is 0. The number of fused-ring (bicyclic) bond motifs is 1. The van der Waals surface area contributed by atoms with E-state index in [9.17, 15) is 9.59 Å². The van der Waals surface area contributed by atoms with Crippen LogP contribution in [0.25, 0.3) is 11.0 Å². The Kier molecular flexibility index (Phi) is 5.65. The Morgan fingerprint density at radius 1 is 1.17 bits per heavy atom. The summed E-state index contributed by atoms with van der Waals surface area (Å²) in [5.74, 6) is 0.747. The fourth-order valence-electron chi connectivity index (χ4n) is 2.92. The second kappa shape index (κ2) is 8.20. The highest BCUT2D eigenvalue weighted by molar-refractivity contribution is 8.00. The molecule has 1 amide bonds. The molecule has 29 heavy (non-hydrogen) atoms. The number of carbonyl (C=O) groups is 2. The number of hydrogen-bond acceptors (Lipinski definition) is 7. The number of pyridine rings is 1. The minimum Gasteiger partial charge on any atom is -0.353 e. The zero-order valence-electron chi connectivity index (χ0n) is 16.6. The number of rotatable bonds is 7. The highest BCUT2D eigenvalue weighted by Gasteiger charge is 2.27. The van der Waals surface area contributed by atoms with E-state index in [1.54, 1.807) is 0 Å². The molecular formula is C21H22N4O2S2. The van der Waals surface area contributed by atoms with Crippen molar-refractivity contribution in [2.24, 2.45) is 0 Å². The maximum Gasteiger partial charge on any atom is 0.228 e. The number of aromatic nitrogens is 3. The van der Waals surface area contributed by atoms with E-state index >= 15 is 0 Å². The minimum atomic E-state index is -0.240. The summed E-state index contributed by atoms with van der Waals surface area (Å²) in [5.41, 5.74) is 2.40. The highest BCUT2D eigenvalue weighted by atomic mass is 32.2. The van der Waals surface area contributed by atoms with E-state index in [-0.39, 0.29) is 23.4 Å². The number of Topliss-reactive ketones (excluding diaryl/α,β-unsaturated/α-hetero) is 1. The van der Waals surface area contributed by atoms with Gasteiger partial charge in [-0.1, -0.05) is 11.8 Å². The zero-order chi connectivity index (χ0) is 20.5. The second-order valence-electron chi connectivity index (χ2n) is 7.31. The van der Waals surface area contributed by atoms with Crippen LogP contribution in [0.5, 0.6) is 0 Å². The van der Waals surface area contributed by atoms with Crippen molar-refractivity contribution in [2.45, 2.75) is 50.6 Å². The average Bonchev–Trinajstić information content (AvgIpc) is 3.37. The number of carbonyl (C=O) groups excluding carboxylic acids is 2. The molecule has 6 nitrogen and oxygen atoms in total. The molecule has 1 fully saturated rings. The third-order valence-corrected chi connectivity index (χ3v) is 7.02. The minimum absolute atomic E-state index is 0.0260. The van der Waals surface area contributed by atoms with Gasteiger partial charge in [0.15, 0.2) is 5.78 Å². The first-order chi connectivity index (χ1) is 13.9. The molecule has 3 aromatic heterocycles. The van der Waals surface area contributed by atoms with E-state index in [0.29, 0.717) is 16.7 Å². The number of thiophene rings is 1. The summed E-state index contributed by atoms with van der Waals surface area (Å²) in [7, 11) is 0. The fourth-order valence-corrected chi connectivity index (χ4v) is 4.91. The molecule has 1 saturated carbocycles. The molecule has 150 valence electrons. The van der Waals surface area contributed by atoms with Crippen molar-refractivity contribution in [1.29, 1.82) is 0 Å². The Hall–Kier alpha value is -2.32. The Morgan fingerprint density at radius 3 is 2.72 bits per heavy atom. The monoisotopic (exact) mass is 426 g/mol. The van der Waals surface area contributed by atoms with Gasteiger partial charge in [0.1, 0.15) is 16.4 Å². The predicted octanol–water partition coefficient (Wildman–Crippen LogP) is 4.06. The van der Waals surface area contributed by atoms with Gasteiger partial charge in [0.05, 0.1) is 22.1 Å². The normalized spacial score (nSPS) is 14.7. The van der Waals surface area contributed by atoms with E-state index in [1.807, 2.05) is 45.0 Å². The van der Waals surface area contributed by atoms with Gasteiger partial charge in [0.25, 0.3) is 0 Å². The molecule has 0 saturated heterocycles. The first kappa shape index (κ1) is 20.0. The van der Waals surface area contributed by atoms with Gasteiger partial charge < -0.3 is 5.32 Å². The number of nitrogens with zero attached hydrogens (tertiary/aromatic N) is 3. The van der Waals surface area contributed by atoms with Crippen LogP contribution in [0.4, 0.5) is 0 Å².